The summed E-state index contributed by atoms with van der Waals surface area (Å²) in [7, 11) is 0. The smallest absolute Gasteiger partial charge is 0.0328 e. The minimum atomic E-state index is 0.602. The molecule has 0 aromatic rings. The average molecular weight is 154 g/mol. The van der Waals surface area contributed by atoms with Crippen LogP contribution in [0.1, 0.15) is 53.4 Å². The monoisotopic (exact) mass is 154 g/mol. The van der Waals surface area contributed by atoms with Gasteiger partial charge in [-0.3, -0.25) is 0 Å². The van der Waals surface area contributed by atoms with E-state index in [0.717, 1.165) is 11.8 Å². The van der Waals surface area contributed by atoms with Crippen molar-refractivity contribution in [3.63, 3.8) is 0 Å². The van der Waals surface area contributed by atoms with Crippen molar-refractivity contribution in [1.82, 2.24) is 0 Å². The molecule has 2 atom stereocenters. The lowest BCUT2D eigenvalue weighted by molar-refractivity contribution is 0.203. The first kappa shape index (κ1) is 9.09. The number of rotatable bonds is 2. The summed E-state index contributed by atoms with van der Waals surface area (Å²) in [5, 5.41) is 0. The number of hydrogen-bond acceptors (Lipinski definition) is 0. The van der Waals surface area contributed by atoms with Gasteiger partial charge >= 0.3 is 0 Å². The van der Waals surface area contributed by atoms with Gasteiger partial charge in [0.25, 0.3) is 0 Å². The van der Waals surface area contributed by atoms with Crippen LogP contribution in [0.5, 0.6) is 0 Å². The molecule has 0 bridgehead atoms. The third kappa shape index (κ3) is 1.98. The van der Waals surface area contributed by atoms with Gasteiger partial charge in [0.05, 0.1) is 0 Å². The SMILES string of the molecule is CCC(C)(C)C1CCC(C)C1. The van der Waals surface area contributed by atoms with E-state index in [1.165, 1.54) is 25.7 Å². The predicted octanol–water partition coefficient (Wildman–Crippen LogP) is 3.86. The largest absolute Gasteiger partial charge is 0.0649 e. The van der Waals surface area contributed by atoms with Gasteiger partial charge in [-0.25, -0.2) is 0 Å². The Bertz CT molecular complexity index is 124. The fourth-order valence-corrected chi connectivity index (χ4v) is 2.21. The van der Waals surface area contributed by atoms with Crippen molar-refractivity contribution in [3.8, 4) is 0 Å². The summed E-state index contributed by atoms with van der Waals surface area (Å²) in [5.41, 5.74) is 0.602. The molecule has 2 unspecified atom stereocenters. The summed E-state index contributed by atoms with van der Waals surface area (Å²) in [6.07, 6.45) is 5.75. The van der Waals surface area contributed by atoms with Gasteiger partial charge < -0.3 is 0 Å². The molecule has 1 rings (SSSR count). The summed E-state index contributed by atoms with van der Waals surface area (Å²) in [4.78, 5) is 0. The molecule has 0 saturated heterocycles. The molecule has 0 aromatic carbocycles. The first-order chi connectivity index (χ1) is 5.06. The molecule has 0 aliphatic heterocycles. The molecule has 0 heterocycles. The van der Waals surface area contributed by atoms with Crippen LogP contribution < -0.4 is 0 Å². The molecule has 0 aromatic heterocycles. The Morgan fingerprint density at radius 2 is 1.91 bits per heavy atom. The first-order valence-corrected chi connectivity index (χ1v) is 5.06. The molecular weight excluding hydrogens is 132 g/mol. The van der Waals surface area contributed by atoms with Crippen LogP contribution in [0, 0.1) is 17.3 Å². The van der Waals surface area contributed by atoms with Gasteiger partial charge in [0, 0.05) is 0 Å². The third-order valence-electron chi connectivity index (χ3n) is 3.71. The van der Waals surface area contributed by atoms with Gasteiger partial charge in [-0.05, 0) is 30.1 Å². The van der Waals surface area contributed by atoms with Crippen LogP contribution in [0.3, 0.4) is 0 Å². The normalized spacial score (nSPS) is 32.7. The van der Waals surface area contributed by atoms with Gasteiger partial charge in [-0.2, -0.15) is 0 Å². The van der Waals surface area contributed by atoms with E-state index in [0.29, 0.717) is 5.41 Å². The molecule has 1 aliphatic carbocycles. The molecule has 0 amide bonds. The Morgan fingerprint density at radius 1 is 1.27 bits per heavy atom. The van der Waals surface area contributed by atoms with E-state index in [1.54, 1.807) is 0 Å². The van der Waals surface area contributed by atoms with Crippen molar-refractivity contribution in [2.75, 3.05) is 0 Å². The zero-order valence-electron chi connectivity index (χ0n) is 8.48. The van der Waals surface area contributed by atoms with E-state index in [2.05, 4.69) is 27.7 Å². The van der Waals surface area contributed by atoms with E-state index in [-0.39, 0.29) is 0 Å². The lowest BCUT2D eigenvalue weighted by Crippen LogP contribution is -2.20. The predicted molar refractivity (Wildman–Crippen MR) is 50.6 cm³/mol. The standard InChI is InChI=1S/C11H22/c1-5-11(3,4)10-7-6-9(2)8-10/h9-10H,5-8H2,1-4H3. The molecule has 0 heteroatoms. The van der Waals surface area contributed by atoms with Gasteiger partial charge in [-0.15, -0.1) is 0 Å². The van der Waals surface area contributed by atoms with Crippen LogP contribution in [0.15, 0.2) is 0 Å². The van der Waals surface area contributed by atoms with Crippen LogP contribution in [0.4, 0.5) is 0 Å². The average Bonchev–Trinajstić information content (AvgIpc) is 2.36. The van der Waals surface area contributed by atoms with E-state index in [4.69, 9.17) is 0 Å². The van der Waals surface area contributed by atoms with Crippen LogP contribution in [-0.4, -0.2) is 0 Å². The van der Waals surface area contributed by atoms with Gasteiger partial charge in [-0.1, -0.05) is 40.5 Å². The molecule has 0 spiro atoms. The summed E-state index contributed by atoms with van der Waals surface area (Å²) >= 11 is 0. The molecule has 11 heavy (non-hydrogen) atoms. The van der Waals surface area contributed by atoms with Crippen molar-refractivity contribution in [1.29, 1.82) is 0 Å². The molecule has 66 valence electrons. The minimum absolute atomic E-state index is 0.602. The maximum atomic E-state index is 2.43. The van der Waals surface area contributed by atoms with Crippen molar-refractivity contribution in [2.24, 2.45) is 17.3 Å². The summed E-state index contributed by atoms with van der Waals surface area (Å²) in [5.74, 6) is 1.99. The zero-order valence-corrected chi connectivity index (χ0v) is 8.48. The van der Waals surface area contributed by atoms with Crippen molar-refractivity contribution in [3.05, 3.63) is 0 Å². The highest BCUT2D eigenvalue weighted by molar-refractivity contribution is 4.83. The molecule has 0 nitrogen and oxygen atoms in total. The zero-order chi connectivity index (χ0) is 8.48. The second kappa shape index (κ2) is 3.16. The Hall–Kier alpha value is 0. The summed E-state index contributed by atoms with van der Waals surface area (Å²) in [6.45, 7) is 9.57. The first-order valence-electron chi connectivity index (χ1n) is 5.06. The Labute approximate surface area is 71.4 Å². The van der Waals surface area contributed by atoms with Crippen LogP contribution in [0.2, 0.25) is 0 Å². The quantitative estimate of drug-likeness (QED) is 0.566. The van der Waals surface area contributed by atoms with Crippen molar-refractivity contribution < 1.29 is 0 Å². The van der Waals surface area contributed by atoms with Crippen molar-refractivity contribution in [2.45, 2.75) is 53.4 Å². The van der Waals surface area contributed by atoms with Gasteiger partial charge in [0.1, 0.15) is 0 Å². The molecule has 0 radical (unpaired) electrons. The van der Waals surface area contributed by atoms with E-state index < -0.39 is 0 Å². The number of hydrogen-bond donors (Lipinski definition) is 0. The minimum Gasteiger partial charge on any atom is -0.0649 e. The Balaban J connectivity index is 2.48. The second-order valence-electron chi connectivity index (χ2n) is 4.96. The lowest BCUT2D eigenvalue weighted by Gasteiger charge is -2.30. The highest BCUT2D eigenvalue weighted by Crippen LogP contribution is 2.43. The highest BCUT2D eigenvalue weighted by atomic mass is 14.4. The van der Waals surface area contributed by atoms with E-state index in [1.807, 2.05) is 0 Å². The van der Waals surface area contributed by atoms with Gasteiger partial charge in [0.15, 0.2) is 0 Å². The molecule has 1 fully saturated rings. The molecule has 1 aliphatic rings. The summed E-state index contributed by atoms with van der Waals surface area (Å²) < 4.78 is 0. The van der Waals surface area contributed by atoms with E-state index >= 15 is 0 Å². The van der Waals surface area contributed by atoms with Gasteiger partial charge in [0.2, 0.25) is 0 Å². The molecule has 0 N–H and O–H groups in total. The van der Waals surface area contributed by atoms with Crippen LogP contribution >= 0.6 is 0 Å². The maximum absolute atomic E-state index is 2.43. The highest BCUT2D eigenvalue weighted by Gasteiger charge is 2.32. The van der Waals surface area contributed by atoms with Crippen molar-refractivity contribution >= 4 is 0 Å². The Morgan fingerprint density at radius 3 is 2.27 bits per heavy atom. The Kier molecular flexibility index (Phi) is 2.61. The van der Waals surface area contributed by atoms with Crippen LogP contribution in [0.25, 0.3) is 0 Å². The summed E-state index contributed by atoms with van der Waals surface area (Å²) in [6, 6.07) is 0. The van der Waals surface area contributed by atoms with E-state index in [9.17, 15) is 0 Å². The fourth-order valence-electron chi connectivity index (χ4n) is 2.21. The fraction of sp³-hybridized carbons (Fsp3) is 1.00. The molecule has 1 saturated carbocycles. The lowest BCUT2D eigenvalue weighted by atomic mass is 9.75. The maximum Gasteiger partial charge on any atom is -0.0328 e. The second-order valence-corrected chi connectivity index (χ2v) is 4.96. The molecular formula is C11H22. The van der Waals surface area contributed by atoms with Crippen LogP contribution in [-0.2, 0) is 0 Å². The topological polar surface area (TPSA) is 0 Å². The third-order valence-corrected chi connectivity index (χ3v) is 3.71.